The Morgan fingerprint density at radius 1 is 0.712 bits per heavy atom. The number of ether oxygens (including phenoxy) is 5. The standard InChI is InChI=1S/C44H45NO7/c1-43(2,3)52-42(47)33-24-36(49-27-31-18-11-7-12-19-31)39(37(25-33)50-28-32-20-13-8-14-21-32)40(46)38-34(41-45-44(4,5)29-51-41)22-15-23-35(38)48-26-30-16-9-6-10-17-30/h6-25,40,46H,26-29H2,1-5H3. The van der Waals surface area contributed by atoms with Crippen LogP contribution in [0.4, 0.5) is 0 Å². The molecule has 0 radical (unpaired) electrons. The highest BCUT2D eigenvalue weighted by Crippen LogP contribution is 2.44. The maximum Gasteiger partial charge on any atom is 0.338 e. The van der Waals surface area contributed by atoms with E-state index in [1.807, 2.05) is 144 Å². The highest BCUT2D eigenvalue weighted by atomic mass is 16.6. The summed E-state index contributed by atoms with van der Waals surface area (Å²) < 4.78 is 31.3. The molecule has 5 aromatic rings. The molecule has 52 heavy (non-hydrogen) atoms. The van der Waals surface area contributed by atoms with Crippen LogP contribution in [0.2, 0.25) is 0 Å². The summed E-state index contributed by atoms with van der Waals surface area (Å²) in [7, 11) is 0. The monoisotopic (exact) mass is 699 g/mol. The average molecular weight is 700 g/mol. The molecular formula is C44H45NO7. The molecule has 6 rings (SSSR count). The van der Waals surface area contributed by atoms with Crippen LogP contribution in [0.3, 0.4) is 0 Å². The molecule has 0 saturated heterocycles. The lowest BCUT2D eigenvalue weighted by atomic mass is 9.93. The number of nitrogens with zero attached hydrogens (tertiary/aromatic N) is 1. The Morgan fingerprint density at radius 3 is 1.63 bits per heavy atom. The topological polar surface area (TPSA) is 95.8 Å². The molecule has 5 aromatic carbocycles. The molecule has 1 heterocycles. The molecule has 1 aliphatic rings. The first kappa shape index (κ1) is 36.2. The largest absolute Gasteiger partial charge is 0.488 e. The Kier molecular flexibility index (Phi) is 11.0. The quantitative estimate of drug-likeness (QED) is 0.123. The van der Waals surface area contributed by atoms with E-state index in [0.29, 0.717) is 34.9 Å². The van der Waals surface area contributed by atoms with E-state index in [1.54, 1.807) is 12.1 Å². The maximum atomic E-state index is 13.6. The first-order valence-electron chi connectivity index (χ1n) is 17.4. The lowest BCUT2D eigenvalue weighted by Crippen LogP contribution is -2.24. The van der Waals surface area contributed by atoms with Gasteiger partial charge in [0, 0.05) is 11.1 Å². The van der Waals surface area contributed by atoms with Crippen molar-refractivity contribution >= 4 is 11.9 Å². The summed E-state index contributed by atoms with van der Waals surface area (Å²) in [6.45, 7) is 10.4. The fourth-order valence-electron chi connectivity index (χ4n) is 5.78. The molecule has 0 bridgehead atoms. The molecule has 0 fully saturated rings. The first-order valence-corrected chi connectivity index (χ1v) is 17.4. The van der Waals surface area contributed by atoms with Gasteiger partial charge in [-0.25, -0.2) is 9.79 Å². The van der Waals surface area contributed by atoms with E-state index in [9.17, 15) is 9.90 Å². The molecule has 0 saturated carbocycles. The van der Waals surface area contributed by atoms with Crippen molar-refractivity contribution in [3.05, 3.63) is 160 Å². The van der Waals surface area contributed by atoms with Crippen molar-refractivity contribution in [2.45, 2.75) is 71.7 Å². The van der Waals surface area contributed by atoms with Gasteiger partial charge in [-0.1, -0.05) is 97.1 Å². The summed E-state index contributed by atoms with van der Waals surface area (Å²) in [4.78, 5) is 18.4. The number of aliphatic hydroxyl groups excluding tert-OH is 1. The molecule has 1 unspecified atom stereocenters. The lowest BCUT2D eigenvalue weighted by molar-refractivity contribution is 0.00682. The van der Waals surface area contributed by atoms with Crippen LogP contribution < -0.4 is 14.2 Å². The van der Waals surface area contributed by atoms with Crippen LogP contribution >= 0.6 is 0 Å². The van der Waals surface area contributed by atoms with E-state index in [0.717, 1.165) is 16.7 Å². The van der Waals surface area contributed by atoms with Gasteiger partial charge in [-0.2, -0.15) is 0 Å². The first-order chi connectivity index (χ1) is 25.0. The number of rotatable bonds is 13. The van der Waals surface area contributed by atoms with Gasteiger partial charge in [0.2, 0.25) is 5.90 Å². The minimum absolute atomic E-state index is 0.166. The zero-order chi connectivity index (χ0) is 36.7. The van der Waals surface area contributed by atoms with Gasteiger partial charge in [0.15, 0.2) is 0 Å². The third-order valence-corrected chi connectivity index (χ3v) is 8.26. The third kappa shape index (κ3) is 9.19. The number of esters is 1. The summed E-state index contributed by atoms with van der Waals surface area (Å²) in [5.74, 6) is 0.783. The van der Waals surface area contributed by atoms with E-state index < -0.39 is 23.2 Å². The average Bonchev–Trinajstić information content (AvgIpc) is 3.51. The molecular weight excluding hydrogens is 654 g/mol. The fraction of sp³-hybridized carbons (Fsp3) is 0.273. The molecule has 1 N–H and O–H groups in total. The van der Waals surface area contributed by atoms with Crippen LogP contribution in [0.1, 0.15) is 84.5 Å². The predicted molar refractivity (Wildman–Crippen MR) is 201 cm³/mol. The lowest BCUT2D eigenvalue weighted by Gasteiger charge is -2.25. The zero-order valence-corrected chi connectivity index (χ0v) is 30.3. The second kappa shape index (κ2) is 15.7. The SMILES string of the molecule is CC1(C)COC(c2cccc(OCc3ccccc3)c2C(O)c2c(OCc3ccccc3)cc(C(=O)OC(C)(C)C)cc2OCc2ccccc2)=N1. The zero-order valence-electron chi connectivity index (χ0n) is 30.3. The fourth-order valence-corrected chi connectivity index (χ4v) is 5.78. The molecule has 0 amide bonds. The van der Waals surface area contributed by atoms with Crippen molar-refractivity contribution in [1.82, 2.24) is 0 Å². The molecule has 0 spiro atoms. The Balaban J connectivity index is 1.52. The van der Waals surface area contributed by atoms with Crippen molar-refractivity contribution < 1.29 is 33.6 Å². The van der Waals surface area contributed by atoms with Gasteiger partial charge < -0.3 is 28.8 Å². The van der Waals surface area contributed by atoms with Crippen LogP contribution in [0, 0.1) is 0 Å². The second-order valence-electron chi connectivity index (χ2n) is 14.3. The van der Waals surface area contributed by atoms with Crippen molar-refractivity contribution in [2.75, 3.05) is 6.61 Å². The van der Waals surface area contributed by atoms with Crippen LogP contribution in [-0.4, -0.2) is 34.7 Å². The van der Waals surface area contributed by atoms with Crippen LogP contribution in [-0.2, 0) is 29.3 Å². The van der Waals surface area contributed by atoms with Gasteiger partial charge in [0.05, 0.1) is 16.7 Å². The smallest absolute Gasteiger partial charge is 0.338 e. The molecule has 8 heteroatoms. The Bertz CT molecular complexity index is 1940. The number of carbonyl (C=O) groups is 1. The summed E-state index contributed by atoms with van der Waals surface area (Å²) in [6, 6.07) is 37.9. The van der Waals surface area contributed by atoms with Crippen molar-refractivity contribution in [3.63, 3.8) is 0 Å². The van der Waals surface area contributed by atoms with E-state index in [2.05, 4.69) is 0 Å². The van der Waals surface area contributed by atoms with E-state index >= 15 is 0 Å². The van der Waals surface area contributed by atoms with E-state index in [-0.39, 0.29) is 36.9 Å². The van der Waals surface area contributed by atoms with Gasteiger partial charge in [0.25, 0.3) is 0 Å². The number of hydrogen-bond acceptors (Lipinski definition) is 8. The van der Waals surface area contributed by atoms with Gasteiger partial charge >= 0.3 is 5.97 Å². The summed E-state index contributed by atoms with van der Waals surface area (Å²) in [6.07, 6.45) is -1.37. The maximum absolute atomic E-state index is 13.6. The van der Waals surface area contributed by atoms with Crippen molar-refractivity contribution in [3.8, 4) is 17.2 Å². The van der Waals surface area contributed by atoms with Gasteiger partial charge in [-0.15, -0.1) is 0 Å². The number of hydrogen-bond donors (Lipinski definition) is 1. The minimum atomic E-state index is -1.37. The van der Waals surface area contributed by atoms with Gasteiger partial charge in [-0.3, -0.25) is 0 Å². The third-order valence-electron chi connectivity index (χ3n) is 8.26. The molecule has 0 aliphatic carbocycles. The number of aliphatic imine (C=N–C) groups is 1. The number of aliphatic hydroxyl groups is 1. The molecule has 1 atom stereocenters. The summed E-state index contributed by atoms with van der Waals surface area (Å²) >= 11 is 0. The normalized spacial score (nSPS) is 14.2. The predicted octanol–water partition coefficient (Wildman–Crippen LogP) is 9.02. The van der Waals surface area contributed by atoms with E-state index in [4.69, 9.17) is 28.7 Å². The highest BCUT2D eigenvalue weighted by Gasteiger charge is 2.34. The molecule has 268 valence electrons. The Hall–Kier alpha value is -5.60. The Morgan fingerprint density at radius 2 is 1.19 bits per heavy atom. The van der Waals surface area contributed by atoms with Crippen molar-refractivity contribution in [1.29, 1.82) is 0 Å². The van der Waals surface area contributed by atoms with E-state index in [1.165, 1.54) is 0 Å². The number of carbonyl (C=O) groups excluding carboxylic acids is 1. The highest BCUT2D eigenvalue weighted by molar-refractivity contribution is 5.98. The minimum Gasteiger partial charge on any atom is -0.488 e. The Labute approximate surface area is 305 Å². The van der Waals surface area contributed by atoms with Gasteiger partial charge in [0.1, 0.15) is 55.4 Å². The van der Waals surface area contributed by atoms with Crippen LogP contribution in [0.15, 0.2) is 126 Å². The molecule has 8 nitrogen and oxygen atoms in total. The summed E-state index contributed by atoms with van der Waals surface area (Å²) in [5.41, 5.74) is 3.10. The van der Waals surface area contributed by atoms with Gasteiger partial charge in [-0.05, 0) is 75.6 Å². The molecule has 1 aliphatic heterocycles. The van der Waals surface area contributed by atoms with Crippen LogP contribution in [0.25, 0.3) is 0 Å². The van der Waals surface area contributed by atoms with Crippen LogP contribution in [0.5, 0.6) is 17.2 Å². The number of benzene rings is 5. The summed E-state index contributed by atoms with van der Waals surface area (Å²) in [5, 5.41) is 12.7. The second-order valence-corrected chi connectivity index (χ2v) is 14.3. The van der Waals surface area contributed by atoms with Crippen molar-refractivity contribution in [2.24, 2.45) is 4.99 Å². The molecule has 0 aromatic heterocycles.